The van der Waals surface area contributed by atoms with E-state index in [1.807, 2.05) is 4.68 Å². The van der Waals surface area contributed by atoms with Gasteiger partial charge in [0.05, 0.1) is 0 Å². The molecule has 0 fully saturated rings. The minimum absolute atomic E-state index is 0.182. The Morgan fingerprint density at radius 1 is 1.35 bits per heavy atom. The predicted octanol–water partition coefficient (Wildman–Crippen LogP) is 2.24. The largest absolute Gasteiger partial charge is 0.330 e. The second-order valence-electron chi connectivity index (χ2n) is 5.34. The van der Waals surface area contributed by atoms with E-state index in [0.29, 0.717) is 12.5 Å². The Balaban J connectivity index is 2.82. The van der Waals surface area contributed by atoms with Gasteiger partial charge in [0, 0.05) is 13.0 Å². The zero-order valence-electron chi connectivity index (χ0n) is 11.6. The molecule has 0 atom stereocenters. The molecule has 0 saturated heterocycles. The first kappa shape index (κ1) is 14.2. The van der Waals surface area contributed by atoms with Crippen LogP contribution in [0.15, 0.2) is 6.33 Å². The Bertz CT molecular complexity index is 318. The van der Waals surface area contributed by atoms with Gasteiger partial charge in [-0.05, 0) is 30.7 Å². The molecular formula is C13H26N4. The molecule has 0 aromatic carbocycles. The van der Waals surface area contributed by atoms with E-state index in [-0.39, 0.29) is 5.41 Å². The van der Waals surface area contributed by atoms with Crippen LogP contribution in [0.3, 0.4) is 0 Å². The third-order valence-electron chi connectivity index (χ3n) is 3.70. The van der Waals surface area contributed by atoms with E-state index in [1.54, 1.807) is 6.33 Å². The lowest BCUT2D eigenvalue weighted by molar-refractivity contribution is 0.258. The van der Waals surface area contributed by atoms with E-state index in [0.717, 1.165) is 31.6 Å². The number of hydrogen-bond acceptors (Lipinski definition) is 3. The summed E-state index contributed by atoms with van der Waals surface area (Å²) in [6, 6.07) is 0. The molecule has 0 radical (unpaired) electrons. The number of nitrogens with two attached hydrogens (primary N) is 1. The van der Waals surface area contributed by atoms with E-state index >= 15 is 0 Å². The fourth-order valence-corrected chi connectivity index (χ4v) is 2.12. The van der Waals surface area contributed by atoms with Gasteiger partial charge in [0.2, 0.25) is 0 Å². The van der Waals surface area contributed by atoms with Crippen molar-refractivity contribution in [3.05, 3.63) is 12.2 Å². The first-order valence-electron chi connectivity index (χ1n) is 6.63. The molecule has 1 heterocycles. The summed E-state index contributed by atoms with van der Waals surface area (Å²) in [5.74, 6) is 1.67. The van der Waals surface area contributed by atoms with Crippen LogP contribution in [0.2, 0.25) is 0 Å². The van der Waals surface area contributed by atoms with Gasteiger partial charge in [0.1, 0.15) is 12.2 Å². The summed E-state index contributed by atoms with van der Waals surface area (Å²) in [6.45, 7) is 10.5. The average Bonchev–Trinajstić information content (AvgIpc) is 2.72. The van der Waals surface area contributed by atoms with Gasteiger partial charge in [-0.3, -0.25) is 0 Å². The molecule has 98 valence electrons. The highest BCUT2D eigenvalue weighted by atomic mass is 15.3. The highest BCUT2D eigenvalue weighted by molar-refractivity contribution is 4.94. The lowest BCUT2D eigenvalue weighted by atomic mass is 9.79. The summed E-state index contributed by atoms with van der Waals surface area (Å²) in [4.78, 5) is 4.39. The maximum absolute atomic E-state index is 5.94. The molecule has 0 aliphatic heterocycles. The highest BCUT2D eigenvalue weighted by Gasteiger charge is 2.27. The van der Waals surface area contributed by atoms with Crippen molar-refractivity contribution in [1.82, 2.24) is 14.8 Å². The predicted molar refractivity (Wildman–Crippen MR) is 70.6 cm³/mol. The number of aromatic nitrogens is 3. The maximum atomic E-state index is 5.94. The van der Waals surface area contributed by atoms with Crippen LogP contribution in [-0.4, -0.2) is 21.3 Å². The van der Waals surface area contributed by atoms with Gasteiger partial charge >= 0.3 is 0 Å². The van der Waals surface area contributed by atoms with Crippen LogP contribution < -0.4 is 5.73 Å². The van der Waals surface area contributed by atoms with E-state index in [4.69, 9.17) is 5.73 Å². The zero-order chi connectivity index (χ0) is 12.9. The molecule has 2 N–H and O–H groups in total. The lowest BCUT2D eigenvalue weighted by Gasteiger charge is -2.29. The van der Waals surface area contributed by atoms with Gasteiger partial charge in [-0.1, -0.05) is 27.7 Å². The van der Waals surface area contributed by atoms with E-state index in [1.165, 1.54) is 0 Å². The number of rotatable bonds is 7. The fraction of sp³-hybridized carbons (Fsp3) is 0.846. The van der Waals surface area contributed by atoms with Gasteiger partial charge in [0.15, 0.2) is 0 Å². The van der Waals surface area contributed by atoms with Crippen LogP contribution in [0.1, 0.15) is 46.4 Å². The van der Waals surface area contributed by atoms with Crippen molar-refractivity contribution in [2.75, 3.05) is 6.54 Å². The first-order chi connectivity index (χ1) is 8.06. The van der Waals surface area contributed by atoms with Crippen molar-refractivity contribution in [3.8, 4) is 0 Å². The summed E-state index contributed by atoms with van der Waals surface area (Å²) < 4.78 is 2.03. The maximum Gasteiger partial charge on any atom is 0.138 e. The van der Waals surface area contributed by atoms with Crippen LogP contribution in [0.4, 0.5) is 0 Å². The second kappa shape index (κ2) is 6.15. The quantitative estimate of drug-likeness (QED) is 0.792. The molecule has 1 aromatic heterocycles. The monoisotopic (exact) mass is 238 g/mol. The molecule has 0 bridgehead atoms. The molecule has 0 aliphatic carbocycles. The summed E-state index contributed by atoms with van der Waals surface area (Å²) in [5, 5.41) is 4.31. The molecule has 0 saturated carbocycles. The average molecular weight is 238 g/mol. The molecule has 4 heteroatoms. The topological polar surface area (TPSA) is 56.7 Å². The summed E-state index contributed by atoms with van der Waals surface area (Å²) in [7, 11) is 0. The minimum atomic E-state index is 0.182. The molecule has 1 aromatic rings. The molecule has 1 rings (SSSR count). The fourth-order valence-electron chi connectivity index (χ4n) is 2.12. The third-order valence-corrected chi connectivity index (χ3v) is 3.70. The van der Waals surface area contributed by atoms with Crippen molar-refractivity contribution in [2.45, 2.75) is 53.5 Å². The van der Waals surface area contributed by atoms with Crippen molar-refractivity contribution in [2.24, 2.45) is 17.1 Å². The van der Waals surface area contributed by atoms with Crippen molar-refractivity contribution in [1.29, 1.82) is 0 Å². The van der Waals surface area contributed by atoms with Gasteiger partial charge < -0.3 is 5.73 Å². The minimum Gasteiger partial charge on any atom is -0.330 e. The Labute approximate surface area is 105 Å². The molecule has 0 spiro atoms. The van der Waals surface area contributed by atoms with E-state index in [9.17, 15) is 0 Å². The second-order valence-corrected chi connectivity index (χ2v) is 5.34. The molecular weight excluding hydrogens is 212 g/mol. The van der Waals surface area contributed by atoms with Crippen LogP contribution in [-0.2, 0) is 13.0 Å². The Hall–Kier alpha value is -0.900. The van der Waals surface area contributed by atoms with Gasteiger partial charge in [-0.2, -0.15) is 5.10 Å². The smallest absolute Gasteiger partial charge is 0.138 e. The van der Waals surface area contributed by atoms with Gasteiger partial charge in [-0.25, -0.2) is 9.67 Å². The van der Waals surface area contributed by atoms with Gasteiger partial charge in [-0.15, -0.1) is 0 Å². The number of hydrogen-bond donors (Lipinski definition) is 1. The Kier molecular flexibility index (Phi) is 5.12. The molecule has 0 aliphatic rings. The Morgan fingerprint density at radius 3 is 2.47 bits per heavy atom. The van der Waals surface area contributed by atoms with Crippen LogP contribution in [0.5, 0.6) is 0 Å². The summed E-state index contributed by atoms with van der Waals surface area (Å²) >= 11 is 0. The molecule has 17 heavy (non-hydrogen) atoms. The SMILES string of the molecule is CCC(CC)(CN)Cc1ncnn1CC(C)C. The Morgan fingerprint density at radius 2 is 2.00 bits per heavy atom. The van der Waals surface area contributed by atoms with Crippen molar-refractivity contribution < 1.29 is 0 Å². The number of nitrogens with zero attached hydrogens (tertiary/aromatic N) is 3. The molecule has 0 amide bonds. The molecule has 0 unspecified atom stereocenters. The van der Waals surface area contributed by atoms with E-state index in [2.05, 4.69) is 37.8 Å². The normalized spacial score (nSPS) is 12.4. The van der Waals surface area contributed by atoms with Crippen LogP contribution >= 0.6 is 0 Å². The third kappa shape index (κ3) is 3.53. The first-order valence-corrected chi connectivity index (χ1v) is 6.63. The lowest BCUT2D eigenvalue weighted by Crippen LogP contribution is -2.33. The van der Waals surface area contributed by atoms with Crippen molar-refractivity contribution in [3.63, 3.8) is 0 Å². The van der Waals surface area contributed by atoms with Crippen LogP contribution in [0.25, 0.3) is 0 Å². The highest BCUT2D eigenvalue weighted by Crippen LogP contribution is 2.29. The molecule has 4 nitrogen and oxygen atoms in total. The van der Waals surface area contributed by atoms with Crippen molar-refractivity contribution >= 4 is 0 Å². The zero-order valence-corrected chi connectivity index (χ0v) is 11.6. The van der Waals surface area contributed by atoms with Gasteiger partial charge in [0.25, 0.3) is 0 Å². The summed E-state index contributed by atoms with van der Waals surface area (Å²) in [5.41, 5.74) is 6.12. The summed E-state index contributed by atoms with van der Waals surface area (Å²) in [6.07, 6.45) is 4.77. The van der Waals surface area contributed by atoms with Crippen LogP contribution in [0, 0.1) is 11.3 Å². The van der Waals surface area contributed by atoms with E-state index < -0.39 is 0 Å². The standard InChI is InChI=1S/C13H26N4/c1-5-13(6-2,9-14)7-12-15-10-16-17(12)8-11(3)4/h10-11H,5-9,14H2,1-4H3.